The van der Waals surface area contributed by atoms with Gasteiger partial charge in [-0.1, -0.05) is 36.4 Å². The second-order valence-corrected chi connectivity index (χ2v) is 9.18. The van der Waals surface area contributed by atoms with Gasteiger partial charge in [-0.15, -0.1) is 11.3 Å². The van der Waals surface area contributed by atoms with Gasteiger partial charge in [0, 0.05) is 23.4 Å². The van der Waals surface area contributed by atoms with Crippen LogP contribution in [-0.4, -0.2) is 34.3 Å². The number of Topliss-reactive ketones (excluding diaryl/α,β-unsaturated/α-hetero) is 1. The molecule has 1 saturated heterocycles. The summed E-state index contributed by atoms with van der Waals surface area (Å²) in [5.74, 6) is -0.545. The van der Waals surface area contributed by atoms with Crippen molar-refractivity contribution in [1.82, 2.24) is 4.90 Å². The van der Waals surface area contributed by atoms with Crippen LogP contribution in [0.5, 0.6) is 5.75 Å². The Morgan fingerprint density at radius 3 is 2.69 bits per heavy atom. The van der Waals surface area contributed by atoms with Gasteiger partial charge in [0.1, 0.15) is 17.6 Å². The number of amides is 1. The summed E-state index contributed by atoms with van der Waals surface area (Å²) in [5, 5.41) is 13.1. The number of hydrogen-bond donors (Lipinski definition) is 1. The predicted molar refractivity (Wildman–Crippen MR) is 124 cm³/mol. The fourth-order valence-corrected chi connectivity index (χ4v) is 5.32. The first kappa shape index (κ1) is 20.5. The van der Waals surface area contributed by atoms with Crippen molar-refractivity contribution in [2.45, 2.75) is 31.9 Å². The summed E-state index contributed by atoms with van der Waals surface area (Å²) in [6.45, 7) is 2.39. The lowest BCUT2D eigenvalue weighted by atomic mass is 9.98. The van der Waals surface area contributed by atoms with E-state index in [0.717, 1.165) is 28.2 Å². The number of ketones is 1. The lowest BCUT2D eigenvalue weighted by Gasteiger charge is -2.24. The first-order valence-corrected chi connectivity index (χ1v) is 11.6. The van der Waals surface area contributed by atoms with E-state index in [4.69, 9.17) is 4.74 Å². The fourth-order valence-electron chi connectivity index (χ4n) is 4.47. The zero-order valence-corrected chi connectivity index (χ0v) is 18.5. The number of likely N-dealkylation sites (tertiary alicyclic amines) is 1. The number of hydrogen-bond acceptors (Lipinski definition) is 5. The van der Waals surface area contributed by atoms with Crippen LogP contribution in [0.15, 0.2) is 71.6 Å². The van der Waals surface area contributed by atoms with Gasteiger partial charge in [0.15, 0.2) is 0 Å². The van der Waals surface area contributed by atoms with E-state index in [1.807, 2.05) is 66.9 Å². The van der Waals surface area contributed by atoms with Crippen molar-refractivity contribution in [2.75, 3.05) is 6.54 Å². The van der Waals surface area contributed by atoms with Gasteiger partial charge in [-0.25, -0.2) is 0 Å². The lowest BCUT2D eigenvalue weighted by Crippen LogP contribution is -2.31. The normalized spacial score (nSPS) is 21.6. The first-order chi connectivity index (χ1) is 15.5. The molecule has 0 saturated carbocycles. The number of rotatable bonds is 5. The van der Waals surface area contributed by atoms with Crippen molar-refractivity contribution in [2.24, 2.45) is 0 Å². The van der Waals surface area contributed by atoms with Crippen LogP contribution in [0.25, 0.3) is 5.76 Å². The van der Waals surface area contributed by atoms with Crippen LogP contribution in [0, 0.1) is 0 Å². The fraction of sp³-hybridized carbons (Fsp3) is 0.231. The summed E-state index contributed by atoms with van der Waals surface area (Å²) < 4.78 is 5.75. The minimum atomic E-state index is -0.640. The third kappa shape index (κ3) is 3.60. The highest BCUT2D eigenvalue weighted by Gasteiger charge is 2.46. The molecule has 1 aromatic heterocycles. The van der Waals surface area contributed by atoms with Crippen molar-refractivity contribution < 1.29 is 19.4 Å². The summed E-state index contributed by atoms with van der Waals surface area (Å²) in [5.41, 5.74) is 2.76. The zero-order valence-electron chi connectivity index (χ0n) is 17.7. The number of fused-ring (bicyclic) bond motifs is 1. The SMILES string of the molecule is C[C@@H]1Cc2cc(/C(O)=C3\C(=O)C(=O)N(CCc4ccccc4)[C@H]3c3cccs3)ccc2O1. The van der Waals surface area contributed by atoms with E-state index >= 15 is 0 Å². The quantitative estimate of drug-likeness (QED) is 0.350. The van der Waals surface area contributed by atoms with Crippen LogP contribution in [0.2, 0.25) is 0 Å². The van der Waals surface area contributed by atoms with E-state index in [2.05, 4.69) is 0 Å². The van der Waals surface area contributed by atoms with Crippen LogP contribution >= 0.6 is 11.3 Å². The number of thiophene rings is 1. The van der Waals surface area contributed by atoms with E-state index < -0.39 is 17.7 Å². The Hall–Kier alpha value is -3.38. The van der Waals surface area contributed by atoms with Crippen molar-refractivity contribution in [3.8, 4) is 5.75 Å². The van der Waals surface area contributed by atoms with Crippen LogP contribution in [0.1, 0.15) is 34.5 Å². The molecule has 3 heterocycles. The summed E-state index contributed by atoms with van der Waals surface area (Å²) in [4.78, 5) is 28.6. The topological polar surface area (TPSA) is 66.8 Å². The molecule has 2 aliphatic rings. The van der Waals surface area contributed by atoms with Gasteiger partial charge in [-0.05, 0) is 54.1 Å². The molecule has 2 aliphatic heterocycles. The average molecular weight is 446 g/mol. The molecule has 6 heteroatoms. The predicted octanol–water partition coefficient (Wildman–Crippen LogP) is 4.74. The maximum absolute atomic E-state index is 13.1. The Balaban J connectivity index is 1.54. The Labute approximate surface area is 190 Å². The van der Waals surface area contributed by atoms with Crippen LogP contribution < -0.4 is 4.74 Å². The number of ether oxygens (including phenoxy) is 1. The van der Waals surface area contributed by atoms with Gasteiger partial charge in [-0.2, -0.15) is 0 Å². The van der Waals surface area contributed by atoms with Crippen molar-refractivity contribution in [1.29, 1.82) is 0 Å². The molecule has 1 amide bonds. The molecule has 0 bridgehead atoms. The summed E-state index contributed by atoms with van der Waals surface area (Å²) in [6, 6.07) is 18.5. The number of aliphatic hydroxyl groups is 1. The number of aliphatic hydroxyl groups excluding tert-OH is 1. The Morgan fingerprint density at radius 2 is 1.94 bits per heavy atom. The smallest absolute Gasteiger partial charge is 0.295 e. The molecular formula is C26H23NO4S. The molecule has 0 spiro atoms. The maximum Gasteiger partial charge on any atom is 0.295 e. The molecule has 5 nitrogen and oxygen atoms in total. The average Bonchev–Trinajstić information content (AvgIpc) is 3.51. The number of carbonyl (C=O) groups excluding carboxylic acids is 2. The van der Waals surface area contributed by atoms with Gasteiger partial charge >= 0.3 is 0 Å². The molecule has 0 aliphatic carbocycles. The molecule has 3 aromatic rings. The number of nitrogens with zero attached hydrogens (tertiary/aromatic N) is 1. The Kier molecular flexibility index (Phi) is 5.31. The lowest BCUT2D eigenvalue weighted by molar-refractivity contribution is -0.139. The molecule has 0 radical (unpaired) electrons. The molecule has 1 fully saturated rings. The van der Waals surface area contributed by atoms with Crippen LogP contribution in [0.3, 0.4) is 0 Å². The van der Waals surface area contributed by atoms with Gasteiger partial charge < -0.3 is 14.7 Å². The molecule has 5 rings (SSSR count). The zero-order chi connectivity index (χ0) is 22.2. The first-order valence-electron chi connectivity index (χ1n) is 10.7. The summed E-state index contributed by atoms with van der Waals surface area (Å²) >= 11 is 1.48. The molecule has 162 valence electrons. The molecule has 2 atom stereocenters. The third-order valence-electron chi connectivity index (χ3n) is 6.01. The molecule has 32 heavy (non-hydrogen) atoms. The number of benzene rings is 2. The highest BCUT2D eigenvalue weighted by atomic mass is 32.1. The van der Waals surface area contributed by atoms with Crippen molar-refractivity contribution >= 4 is 28.8 Å². The summed E-state index contributed by atoms with van der Waals surface area (Å²) in [6.07, 6.45) is 1.46. The highest BCUT2D eigenvalue weighted by Crippen LogP contribution is 2.42. The molecule has 1 N–H and O–H groups in total. The summed E-state index contributed by atoms with van der Waals surface area (Å²) in [7, 11) is 0. The third-order valence-corrected chi connectivity index (χ3v) is 6.93. The standard InChI is InChI=1S/C26H23NO4S/c1-16-14-19-15-18(9-10-20(19)31-16)24(28)22-23(21-8-5-13-32-21)27(26(30)25(22)29)12-11-17-6-3-2-4-7-17/h2-10,13,15-16,23,28H,11-12,14H2,1H3/b24-22+/t16-,23+/m1/s1. The van der Waals surface area contributed by atoms with Crippen molar-refractivity contribution in [3.63, 3.8) is 0 Å². The maximum atomic E-state index is 13.1. The van der Waals surface area contributed by atoms with E-state index in [1.165, 1.54) is 11.3 Å². The van der Waals surface area contributed by atoms with Crippen molar-refractivity contribution in [3.05, 3.63) is 93.2 Å². The molecular weight excluding hydrogens is 422 g/mol. The van der Waals surface area contributed by atoms with Gasteiger partial charge in [0.05, 0.1) is 11.6 Å². The Morgan fingerprint density at radius 1 is 1.12 bits per heavy atom. The minimum absolute atomic E-state index is 0.0806. The van der Waals surface area contributed by atoms with E-state index in [0.29, 0.717) is 18.5 Å². The highest BCUT2D eigenvalue weighted by molar-refractivity contribution is 7.10. The van der Waals surface area contributed by atoms with Crippen LogP contribution in [0.4, 0.5) is 0 Å². The van der Waals surface area contributed by atoms with E-state index in [-0.39, 0.29) is 17.4 Å². The second-order valence-electron chi connectivity index (χ2n) is 8.20. The number of carbonyl (C=O) groups is 2. The monoisotopic (exact) mass is 445 g/mol. The van der Waals surface area contributed by atoms with Gasteiger partial charge in [-0.3, -0.25) is 9.59 Å². The minimum Gasteiger partial charge on any atom is -0.507 e. The van der Waals surface area contributed by atoms with Crippen LogP contribution in [-0.2, 0) is 22.4 Å². The van der Waals surface area contributed by atoms with Gasteiger partial charge in [0.2, 0.25) is 0 Å². The van der Waals surface area contributed by atoms with Gasteiger partial charge in [0.25, 0.3) is 11.7 Å². The Bertz CT molecular complexity index is 1200. The van der Waals surface area contributed by atoms with E-state index in [1.54, 1.807) is 11.0 Å². The molecule has 2 aromatic carbocycles. The second kappa shape index (κ2) is 8.28. The largest absolute Gasteiger partial charge is 0.507 e. The van der Waals surface area contributed by atoms with E-state index in [9.17, 15) is 14.7 Å². The molecule has 0 unspecified atom stereocenters.